The molecule has 0 saturated heterocycles. The average molecular weight is 643 g/mol. The van der Waals surface area contributed by atoms with Crippen LogP contribution in [0, 0.1) is 5.41 Å². The molecular formula is C37H38Br2. The molecule has 39 heavy (non-hydrogen) atoms. The highest BCUT2D eigenvalue weighted by atomic mass is 79.9. The van der Waals surface area contributed by atoms with Gasteiger partial charge < -0.3 is 0 Å². The van der Waals surface area contributed by atoms with Crippen molar-refractivity contribution in [1.82, 2.24) is 0 Å². The summed E-state index contributed by atoms with van der Waals surface area (Å²) in [6.45, 7) is 18.9. The molecule has 0 aromatic heterocycles. The Morgan fingerprint density at radius 2 is 0.821 bits per heavy atom. The van der Waals surface area contributed by atoms with Crippen LogP contribution in [0.4, 0.5) is 0 Å². The van der Waals surface area contributed by atoms with Crippen molar-refractivity contribution in [3.05, 3.63) is 115 Å². The number of hydrogen-bond acceptors (Lipinski definition) is 0. The first-order valence-corrected chi connectivity index (χ1v) is 15.6. The maximum atomic E-state index is 3.80. The summed E-state index contributed by atoms with van der Waals surface area (Å²) in [4.78, 5) is 0. The van der Waals surface area contributed by atoms with Crippen molar-refractivity contribution in [2.45, 2.75) is 78.1 Å². The molecule has 0 heterocycles. The van der Waals surface area contributed by atoms with Crippen LogP contribution in [-0.4, -0.2) is 0 Å². The van der Waals surface area contributed by atoms with Crippen LogP contribution in [-0.2, 0) is 10.8 Å². The maximum Gasteiger partial charge on any atom is 0.0178 e. The number of hydrogen-bond donors (Lipinski definition) is 0. The van der Waals surface area contributed by atoms with Crippen LogP contribution >= 0.6 is 31.9 Å². The minimum absolute atomic E-state index is 0.0753. The van der Waals surface area contributed by atoms with E-state index in [0.717, 1.165) is 8.95 Å². The van der Waals surface area contributed by atoms with Gasteiger partial charge in [0.05, 0.1) is 0 Å². The Bertz CT molecular complexity index is 1510. The molecule has 0 spiro atoms. The van der Waals surface area contributed by atoms with E-state index in [-0.39, 0.29) is 28.1 Å². The molecular weight excluding hydrogens is 604 g/mol. The third-order valence-corrected chi connectivity index (χ3v) is 10.2. The first-order chi connectivity index (χ1) is 18.2. The molecule has 0 bridgehead atoms. The van der Waals surface area contributed by atoms with E-state index in [2.05, 4.69) is 160 Å². The summed E-state index contributed by atoms with van der Waals surface area (Å²) >= 11 is 7.59. The van der Waals surface area contributed by atoms with Crippen LogP contribution in [0.15, 0.2) is 81.7 Å². The predicted molar refractivity (Wildman–Crippen MR) is 174 cm³/mol. The van der Waals surface area contributed by atoms with Gasteiger partial charge in [0.2, 0.25) is 0 Å². The molecule has 0 nitrogen and oxygen atoms in total. The molecule has 6 rings (SSSR count). The zero-order chi connectivity index (χ0) is 28.1. The first-order valence-electron chi connectivity index (χ1n) is 14.1. The van der Waals surface area contributed by atoms with Crippen LogP contribution in [0.1, 0.15) is 101 Å². The predicted octanol–water partition coefficient (Wildman–Crippen LogP) is 11.8. The fourth-order valence-corrected chi connectivity index (χ4v) is 7.91. The van der Waals surface area contributed by atoms with E-state index < -0.39 is 0 Å². The minimum atomic E-state index is -0.0753. The van der Waals surface area contributed by atoms with E-state index in [4.69, 9.17) is 0 Å². The second kappa shape index (κ2) is 8.92. The standard InChI is InChI=1S/C37H38Br2/c1-35(2,3)21-9-13-27-29(17-21)30-18-22(36(4,5)6)10-14-28(30)33(27)37(7,8)34-31-19-23(38)11-15-25(31)26-16-12-24(39)20-32(26)34/h9-20,33-34H,1-8H3. The Hall–Kier alpha value is -2.16. The molecule has 2 aliphatic rings. The monoisotopic (exact) mass is 640 g/mol. The highest BCUT2D eigenvalue weighted by Crippen LogP contribution is 2.63. The van der Waals surface area contributed by atoms with Gasteiger partial charge in [-0.05, 0) is 96.1 Å². The lowest BCUT2D eigenvalue weighted by atomic mass is 9.63. The Labute approximate surface area is 251 Å². The summed E-state index contributed by atoms with van der Waals surface area (Å²) in [6, 6.07) is 28.3. The first kappa shape index (κ1) is 27.0. The van der Waals surface area contributed by atoms with E-state index in [1.54, 1.807) is 0 Å². The summed E-state index contributed by atoms with van der Waals surface area (Å²) in [7, 11) is 0. The van der Waals surface area contributed by atoms with Gasteiger partial charge in [-0.3, -0.25) is 0 Å². The van der Waals surface area contributed by atoms with E-state index >= 15 is 0 Å². The Morgan fingerprint density at radius 1 is 0.436 bits per heavy atom. The van der Waals surface area contributed by atoms with Gasteiger partial charge in [-0.25, -0.2) is 0 Å². The molecule has 2 heteroatoms. The molecule has 0 unspecified atom stereocenters. The lowest BCUT2D eigenvalue weighted by Gasteiger charge is -2.40. The molecule has 2 aliphatic carbocycles. The van der Waals surface area contributed by atoms with E-state index in [1.807, 2.05) is 0 Å². The Kier molecular flexibility index (Phi) is 6.18. The van der Waals surface area contributed by atoms with Gasteiger partial charge in [-0.15, -0.1) is 0 Å². The molecule has 0 atom stereocenters. The van der Waals surface area contributed by atoms with Crippen LogP contribution < -0.4 is 0 Å². The second-order valence-corrected chi connectivity index (χ2v) is 16.1. The van der Waals surface area contributed by atoms with E-state index in [1.165, 1.54) is 55.6 Å². The van der Waals surface area contributed by atoms with Crippen molar-refractivity contribution in [3.63, 3.8) is 0 Å². The number of fused-ring (bicyclic) bond motifs is 6. The van der Waals surface area contributed by atoms with Gasteiger partial charge in [-0.1, -0.05) is 136 Å². The van der Waals surface area contributed by atoms with Gasteiger partial charge in [-0.2, -0.15) is 0 Å². The quantitative estimate of drug-likeness (QED) is 0.204. The Balaban J connectivity index is 1.61. The van der Waals surface area contributed by atoms with Gasteiger partial charge in [0.15, 0.2) is 0 Å². The fourth-order valence-electron chi connectivity index (χ4n) is 7.16. The second-order valence-electron chi connectivity index (χ2n) is 14.3. The van der Waals surface area contributed by atoms with Crippen molar-refractivity contribution in [2.24, 2.45) is 5.41 Å². The zero-order valence-corrected chi connectivity index (χ0v) is 27.5. The van der Waals surface area contributed by atoms with Crippen LogP contribution in [0.2, 0.25) is 0 Å². The van der Waals surface area contributed by atoms with Crippen LogP contribution in [0.5, 0.6) is 0 Å². The third kappa shape index (κ3) is 4.29. The SMILES string of the molecule is CC(C)(C)c1ccc2c(c1)-c1cc(C(C)(C)C)ccc1C2C(C)(C)C1c2cc(Br)ccc2-c2ccc(Br)cc21. The molecule has 200 valence electrons. The molecule has 0 radical (unpaired) electrons. The van der Waals surface area contributed by atoms with Crippen molar-refractivity contribution < 1.29 is 0 Å². The van der Waals surface area contributed by atoms with E-state index in [0.29, 0.717) is 0 Å². The number of halogens is 2. The molecule has 0 fully saturated rings. The smallest absolute Gasteiger partial charge is 0.0178 e. The van der Waals surface area contributed by atoms with Crippen molar-refractivity contribution in [1.29, 1.82) is 0 Å². The van der Waals surface area contributed by atoms with Crippen molar-refractivity contribution in [3.8, 4) is 22.3 Å². The molecule has 0 aliphatic heterocycles. The zero-order valence-electron chi connectivity index (χ0n) is 24.3. The third-order valence-electron chi connectivity index (χ3n) is 9.18. The number of benzene rings is 4. The fraction of sp³-hybridized carbons (Fsp3) is 0.351. The lowest BCUT2D eigenvalue weighted by Crippen LogP contribution is -2.29. The minimum Gasteiger partial charge on any atom is -0.0582 e. The Morgan fingerprint density at radius 3 is 1.21 bits per heavy atom. The van der Waals surface area contributed by atoms with Crippen molar-refractivity contribution >= 4 is 31.9 Å². The molecule has 0 N–H and O–H groups in total. The molecule has 4 aromatic carbocycles. The normalized spacial score (nSPS) is 15.2. The summed E-state index contributed by atoms with van der Waals surface area (Å²) in [6.07, 6.45) is 0. The highest BCUT2D eigenvalue weighted by molar-refractivity contribution is 9.10. The van der Waals surface area contributed by atoms with Gasteiger partial charge in [0.1, 0.15) is 0 Å². The van der Waals surface area contributed by atoms with E-state index in [9.17, 15) is 0 Å². The number of rotatable bonds is 2. The molecule has 4 aromatic rings. The molecule has 0 amide bonds. The summed E-state index contributed by atoms with van der Waals surface area (Å²) in [5.74, 6) is 0.554. The summed E-state index contributed by atoms with van der Waals surface area (Å²) in [5.41, 5.74) is 14.3. The lowest BCUT2D eigenvalue weighted by molar-refractivity contribution is 0.282. The highest BCUT2D eigenvalue weighted by Gasteiger charge is 2.48. The van der Waals surface area contributed by atoms with Crippen LogP contribution in [0.3, 0.4) is 0 Å². The topological polar surface area (TPSA) is 0 Å². The van der Waals surface area contributed by atoms with Crippen LogP contribution in [0.25, 0.3) is 22.3 Å². The van der Waals surface area contributed by atoms with Gasteiger partial charge >= 0.3 is 0 Å². The van der Waals surface area contributed by atoms with Gasteiger partial charge in [0, 0.05) is 20.8 Å². The summed E-state index contributed by atoms with van der Waals surface area (Å²) < 4.78 is 2.29. The van der Waals surface area contributed by atoms with Crippen molar-refractivity contribution in [2.75, 3.05) is 0 Å². The van der Waals surface area contributed by atoms with Gasteiger partial charge in [0.25, 0.3) is 0 Å². The molecule has 0 saturated carbocycles. The largest absolute Gasteiger partial charge is 0.0582 e. The average Bonchev–Trinajstić information content (AvgIpc) is 3.34. The maximum absolute atomic E-state index is 3.80. The summed E-state index contributed by atoms with van der Waals surface area (Å²) in [5, 5.41) is 0.